The molecule has 17 heavy (non-hydrogen) atoms. The molecule has 1 aromatic heterocycles. The van der Waals surface area contributed by atoms with E-state index in [4.69, 9.17) is 4.74 Å². The van der Waals surface area contributed by atoms with Gasteiger partial charge in [0.15, 0.2) is 0 Å². The lowest BCUT2D eigenvalue weighted by molar-refractivity contribution is 0.0622. The Kier molecular flexibility index (Phi) is 4.05. The Balaban J connectivity index is 1.90. The van der Waals surface area contributed by atoms with E-state index in [1.807, 2.05) is 10.9 Å². The molecule has 1 aliphatic heterocycles. The molecular formula is C13H23N3O. The summed E-state index contributed by atoms with van der Waals surface area (Å²) in [7, 11) is 0. The fraction of sp³-hybridized carbons (Fsp3) is 0.769. The molecule has 4 nitrogen and oxygen atoms in total. The maximum Gasteiger partial charge on any atom is 0.0728 e. The Labute approximate surface area is 103 Å². The summed E-state index contributed by atoms with van der Waals surface area (Å²) in [5.74, 6) is 0.714. The summed E-state index contributed by atoms with van der Waals surface area (Å²) >= 11 is 0. The largest absolute Gasteiger partial charge is 0.381 e. The molecule has 0 aromatic carbocycles. The van der Waals surface area contributed by atoms with Gasteiger partial charge in [0.1, 0.15) is 0 Å². The van der Waals surface area contributed by atoms with Crippen LogP contribution in [-0.2, 0) is 4.74 Å². The standard InChI is InChI=1S/C13H23N3O/c1-10(2)16-9-13(8-14-16)15-11(3)12-4-6-17-7-5-12/h8-12,15H,4-7H2,1-3H3/t11-/m0/s1. The van der Waals surface area contributed by atoms with E-state index >= 15 is 0 Å². The van der Waals surface area contributed by atoms with E-state index in [0.717, 1.165) is 31.7 Å². The van der Waals surface area contributed by atoms with Crippen LogP contribution in [0.1, 0.15) is 39.7 Å². The first-order valence-corrected chi connectivity index (χ1v) is 6.55. The predicted octanol–water partition coefficient (Wildman–Crippen LogP) is 2.69. The third-order valence-electron chi connectivity index (χ3n) is 3.50. The van der Waals surface area contributed by atoms with Crippen LogP contribution in [0.4, 0.5) is 5.69 Å². The van der Waals surface area contributed by atoms with Crippen LogP contribution >= 0.6 is 0 Å². The van der Waals surface area contributed by atoms with Crippen molar-refractivity contribution in [2.45, 2.75) is 45.7 Å². The van der Waals surface area contributed by atoms with Crippen LogP contribution in [0.25, 0.3) is 0 Å². The van der Waals surface area contributed by atoms with Crippen molar-refractivity contribution in [3.05, 3.63) is 12.4 Å². The van der Waals surface area contributed by atoms with Gasteiger partial charge in [-0.3, -0.25) is 4.68 Å². The summed E-state index contributed by atoms with van der Waals surface area (Å²) in [4.78, 5) is 0. The van der Waals surface area contributed by atoms with Crippen LogP contribution in [0, 0.1) is 5.92 Å². The van der Waals surface area contributed by atoms with Crippen LogP contribution < -0.4 is 5.32 Å². The number of hydrogen-bond acceptors (Lipinski definition) is 3. The molecule has 2 rings (SSSR count). The Hall–Kier alpha value is -1.03. The summed E-state index contributed by atoms with van der Waals surface area (Å²) < 4.78 is 7.38. The number of anilines is 1. The van der Waals surface area contributed by atoms with Gasteiger partial charge in [-0.05, 0) is 39.5 Å². The number of ether oxygens (including phenoxy) is 1. The molecule has 1 atom stereocenters. The molecule has 0 saturated carbocycles. The summed E-state index contributed by atoms with van der Waals surface area (Å²) in [5.41, 5.74) is 1.12. The van der Waals surface area contributed by atoms with E-state index in [9.17, 15) is 0 Å². The highest BCUT2D eigenvalue weighted by molar-refractivity contribution is 5.39. The van der Waals surface area contributed by atoms with Gasteiger partial charge in [0, 0.05) is 31.5 Å². The Morgan fingerprint density at radius 2 is 2.06 bits per heavy atom. The van der Waals surface area contributed by atoms with Gasteiger partial charge in [0.05, 0.1) is 11.9 Å². The van der Waals surface area contributed by atoms with Crippen molar-refractivity contribution < 1.29 is 4.74 Å². The lowest BCUT2D eigenvalue weighted by atomic mass is 9.93. The third-order valence-corrected chi connectivity index (χ3v) is 3.50. The molecule has 96 valence electrons. The Morgan fingerprint density at radius 3 is 2.65 bits per heavy atom. The molecule has 0 amide bonds. The lowest BCUT2D eigenvalue weighted by Gasteiger charge is -2.28. The summed E-state index contributed by atoms with van der Waals surface area (Å²) in [6.45, 7) is 8.34. The van der Waals surface area contributed by atoms with Crippen LogP contribution in [-0.4, -0.2) is 29.0 Å². The Bertz CT molecular complexity index is 342. The summed E-state index contributed by atoms with van der Waals surface area (Å²) in [6.07, 6.45) is 6.31. The molecule has 1 N–H and O–H groups in total. The highest BCUT2D eigenvalue weighted by atomic mass is 16.5. The van der Waals surface area contributed by atoms with Crippen molar-refractivity contribution in [1.29, 1.82) is 0 Å². The summed E-state index contributed by atoms with van der Waals surface area (Å²) in [5, 5.41) is 7.89. The smallest absolute Gasteiger partial charge is 0.0728 e. The van der Waals surface area contributed by atoms with E-state index < -0.39 is 0 Å². The van der Waals surface area contributed by atoms with Gasteiger partial charge < -0.3 is 10.1 Å². The second kappa shape index (κ2) is 5.54. The Morgan fingerprint density at radius 1 is 1.35 bits per heavy atom. The molecule has 0 unspecified atom stereocenters. The topological polar surface area (TPSA) is 39.1 Å². The molecule has 0 bridgehead atoms. The van der Waals surface area contributed by atoms with Crippen molar-refractivity contribution in [3.8, 4) is 0 Å². The van der Waals surface area contributed by atoms with Crippen molar-refractivity contribution in [2.75, 3.05) is 18.5 Å². The second-order valence-corrected chi connectivity index (χ2v) is 5.19. The normalized spacial score (nSPS) is 19.5. The molecule has 1 saturated heterocycles. The van der Waals surface area contributed by atoms with Crippen molar-refractivity contribution in [1.82, 2.24) is 9.78 Å². The zero-order valence-electron chi connectivity index (χ0n) is 11.0. The zero-order valence-corrected chi connectivity index (χ0v) is 11.0. The first-order valence-electron chi connectivity index (χ1n) is 6.55. The number of rotatable bonds is 4. The third kappa shape index (κ3) is 3.22. The number of hydrogen-bond donors (Lipinski definition) is 1. The monoisotopic (exact) mass is 237 g/mol. The SMILES string of the molecule is CC(C)n1cc(N[C@@H](C)C2CCOCC2)cn1. The maximum absolute atomic E-state index is 5.39. The predicted molar refractivity (Wildman–Crippen MR) is 69.2 cm³/mol. The first kappa shape index (κ1) is 12.4. The number of aromatic nitrogens is 2. The van der Waals surface area contributed by atoms with E-state index in [-0.39, 0.29) is 0 Å². The van der Waals surface area contributed by atoms with E-state index in [1.165, 1.54) is 0 Å². The van der Waals surface area contributed by atoms with Crippen LogP contribution in [0.2, 0.25) is 0 Å². The van der Waals surface area contributed by atoms with Gasteiger partial charge in [0.2, 0.25) is 0 Å². The van der Waals surface area contributed by atoms with Crippen LogP contribution in [0.15, 0.2) is 12.4 Å². The maximum atomic E-state index is 5.39. The van der Waals surface area contributed by atoms with Gasteiger partial charge in [-0.25, -0.2) is 0 Å². The molecular weight excluding hydrogens is 214 g/mol. The molecule has 0 spiro atoms. The van der Waals surface area contributed by atoms with Gasteiger partial charge >= 0.3 is 0 Å². The fourth-order valence-corrected chi connectivity index (χ4v) is 2.29. The minimum absolute atomic E-state index is 0.420. The minimum Gasteiger partial charge on any atom is -0.381 e. The molecule has 2 heterocycles. The van der Waals surface area contributed by atoms with E-state index in [2.05, 4.69) is 37.4 Å². The molecule has 4 heteroatoms. The van der Waals surface area contributed by atoms with E-state index in [0.29, 0.717) is 18.0 Å². The highest BCUT2D eigenvalue weighted by Gasteiger charge is 2.20. The molecule has 1 fully saturated rings. The van der Waals surface area contributed by atoms with Gasteiger partial charge in [-0.1, -0.05) is 0 Å². The number of nitrogens with zero attached hydrogens (tertiary/aromatic N) is 2. The van der Waals surface area contributed by atoms with Gasteiger partial charge in [-0.2, -0.15) is 5.10 Å². The zero-order chi connectivity index (χ0) is 12.3. The molecule has 1 aromatic rings. The van der Waals surface area contributed by atoms with Crippen molar-refractivity contribution in [3.63, 3.8) is 0 Å². The van der Waals surface area contributed by atoms with Gasteiger partial charge in [-0.15, -0.1) is 0 Å². The fourth-order valence-electron chi connectivity index (χ4n) is 2.29. The van der Waals surface area contributed by atoms with Crippen LogP contribution in [0.3, 0.4) is 0 Å². The van der Waals surface area contributed by atoms with E-state index in [1.54, 1.807) is 0 Å². The minimum atomic E-state index is 0.420. The van der Waals surface area contributed by atoms with Crippen LogP contribution in [0.5, 0.6) is 0 Å². The highest BCUT2D eigenvalue weighted by Crippen LogP contribution is 2.22. The molecule has 1 aliphatic rings. The molecule has 0 radical (unpaired) electrons. The number of nitrogens with one attached hydrogen (secondary N) is 1. The average Bonchev–Trinajstić information content (AvgIpc) is 2.79. The lowest BCUT2D eigenvalue weighted by Crippen LogP contribution is -2.30. The average molecular weight is 237 g/mol. The quantitative estimate of drug-likeness (QED) is 0.875. The van der Waals surface area contributed by atoms with Gasteiger partial charge in [0.25, 0.3) is 0 Å². The second-order valence-electron chi connectivity index (χ2n) is 5.19. The summed E-state index contributed by atoms with van der Waals surface area (Å²) in [6, 6.07) is 0.910. The molecule has 0 aliphatic carbocycles. The van der Waals surface area contributed by atoms with Crippen molar-refractivity contribution in [2.24, 2.45) is 5.92 Å². The van der Waals surface area contributed by atoms with Crippen molar-refractivity contribution >= 4 is 5.69 Å². The first-order chi connectivity index (χ1) is 8.16.